The van der Waals surface area contributed by atoms with Crippen molar-refractivity contribution in [1.82, 2.24) is 5.32 Å². The van der Waals surface area contributed by atoms with Gasteiger partial charge in [0.05, 0.1) is 13.7 Å². The van der Waals surface area contributed by atoms with Crippen LogP contribution < -0.4 is 10.1 Å². The minimum atomic E-state index is 0.655. The molecule has 0 aliphatic heterocycles. The molecule has 1 aliphatic carbocycles. The minimum absolute atomic E-state index is 0.655. The molecule has 3 heteroatoms. The molecule has 1 fully saturated rings. The molecule has 0 amide bonds. The molecule has 1 aromatic heterocycles. The fourth-order valence-electron chi connectivity index (χ4n) is 2.52. The normalized spacial score (nSPS) is 20.9. The van der Waals surface area contributed by atoms with Crippen molar-refractivity contribution in [2.24, 2.45) is 5.92 Å². The van der Waals surface area contributed by atoms with E-state index in [4.69, 9.17) is 9.15 Å². The Morgan fingerprint density at radius 3 is 2.85 bits per heavy atom. The summed E-state index contributed by atoms with van der Waals surface area (Å²) in [7, 11) is 1.69. The third kappa shape index (κ3) is 3.05. The zero-order chi connectivity index (χ0) is 13.9. The average Bonchev–Trinajstić information content (AvgIpc) is 3.01. The van der Waals surface area contributed by atoms with Crippen LogP contribution >= 0.6 is 0 Å². The Balaban J connectivity index is 1.50. The summed E-state index contributed by atoms with van der Waals surface area (Å²) in [6, 6.07) is 12.3. The van der Waals surface area contributed by atoms with E-state index in [0.29, 0.717) is 5.92 Å². The van der Waals surface area contributed by atoms with Crippen LogP contribution in [0.15, 0.2) is 40.8 Å². The first-order valence-electron chi connectivity index (χ1n) is 7.18. The van der Waals surface area contributed by atoms with Crippen molar-refractivity contribution in [2.45, 2.75) is 32.4 Å². The van der Waals surface area contributed by atoms with Gasteiger partial charge in [0.25, 0.3) is 0 Å². The van der Waals surface area contributed by atoms with Crippen molar-refractivity contribution in [2.75, 3.05) is 7.11 Å². The lowest BCUT2D eigenvalue weighted by molar-refractivity contribution is 0.413. The molecule has 20 heavy (non-hydrogen) atoms. The standard InChI is InChI=1S/C17H21NO2/c1-12-8-16(12)17-7-6-15(20-17)11-18-10-13-4-3-5-14(9-13)19-2/h3-7,9,12,16,18H,8,10-11H2,1-2H3. The monoisotopic (exact) mass is 271 g/mol. The molecule has 0 saturated heterocycles. The van der Waals surface area contributed by atoms with Crippen molar-refractivity contribution in [3.05, 3.63) is 53.5 Å². The first-order chi connectivity index (χ1) is 9.76. The number of furan rings is 1. The Kier molecular flexibility index (Phi) is 3.79. The van der Waals surface area contributed by atoms with Crippen molar-refractivity contribution < 1.29 is 9.15 Å². The van der Waals surface area contributed by atoms with Crippen LogP contribution in [0.3, 0.4) is 0 Å². The SMILES string of the molecule is COc1cccc(CNCc2ccc(C3CC3C)o2)c1. The lowest BCUT2D eigenvalue weighted by atomic mass is 10.2. The third-order valence-corrected chi connectivity index (χ3v) is 3.92. The maximum absolute atomic E-state index is 5.87. The van der Waals surface area contributed by atoms with Gasteiger partial charge in [-0.3, -0.25) is 0 Å². The number of hydrogen-bond acceptors (Lipinski definition) is 3. The van der Waals surface area contributed by atoms with Gasteiger partial charge in [-0.05, 0) is 42.2 Å². The molecule has 1 N–H and O–H groups in total. The van der Waals surface area contributed by atoms with Crippen LogP contribution in [0, 0.1) is 5.92 Å². The molecule has 3 rings (SSSR count). The Labute approximate surface area is 119 Å². The lowest BCUT2D eigenvalue weighted by Gasteiger charge is -2.05. The Morgan fingerprint density at radius 2 is 2.10 bits per heavy atom. The number of rotatable bonds is 6. The highest BCUT2D eigenvalue weighted by atomic mass is 16.5. The molecule has 2 unspecified atom stereocenters. The summed E-state index contributed by atoms with van der Waals surface area (Å²) >= 11 is 0. The third-order valence-electron chi connectivity index (χ3n) is 3.92. The van der Waals surface area contributed by atoms with Gasteiger partial charge < -0.3 is 14.5 Å². The molecule has 1 heterocycles. The van der Waals surface area contributed by atoms with Gasteiger partial charge in [0.2, 0.25) is 0 Å². The van der Waals surface area contributed by atoms with Gasteiger partial charge in [-0.1, -0.05) is 19.1 Å². The predicted octanol–water partition coefficient (Wildman–Crippen LogP) is 3.70. The van der Waals surface area contributed by atoms with Crippen molar-refractivity contribution >= 4 is 0 Å². The first kappa shape index (κ1) is 13.3. The average molecular weight is 271 g/mol. The summed E-state index contributed by atoms with van der Waals surface area (Å²) in [5.74, 6) is 4.51. The quantitative estimate of drug-likeness (QED) is 0.870. The van der Waals surface area contributed by atoms with Crippen LogP contribution in [-0.4, -0.2) is 7.11 Å². The molecule has 2 atom stereocenters. The van der Waals surface area contributed by atoms with Gasteiger partial charge in [0, 0.05) is 12.5 Å². The Morgan fingerprint density at radius 1 is 1.25 bits per heavy atom. The Hall–Kier alpha value is -1.74. The minimum Gasteiger partial charge on any atom is -0.497 e. The van der Waals surface area contributed by atoms with E-state index in [0.717, 1.165) is 36.3 Å². The molecule has 1 aromatic carbocycles. The molecule has 1 saturated carbocycles. The van der Waals surface area contributed by atoms with E-state index in [9.17, 15) is 0 Å². The summed E-state index contributed by atoms with van der Waals surface area (Å²) in [5.41, 5.74) is 1.21. The maximum atomic E-state index is 5.87. The van der Waals surface area contributed by atoms with Crippen LogP contribution in [0.25, 0.3) is 0 Å². The van der Waals surface area contributed by atoms with Crippen LogP contribution in [0.1, 0.15) is 36.3 Å². The maximum Gasteiger partial charge on any atom is 0.119 e. The number of methoxy groups -OCH3 is 1. The zero-order valence-corrected chi connectivity index (χ0v) is 12.1. The van der Waals surface area contributed by atoms with Gasteiger partial charge in [0.15, 0.2) is 0 Å². The van der Waals surface area contributed by atoms with Crippen LogP contribution in [0.5, 0.6) is 5.75 Å². The summed E-state index contributed by atoms with van der Waals surface area (Å²) in [6.45, 7) is 3.85. The highest BCUT2D eigenvalue weighted by Crippen LogP contribution is 2.47. The Bertz CT molecular complexity index is 576. The van der Waals surface area contributed by atoms with Gasteiger partial charge >= 0.3 is 0 Å². The van der Waals surface area contributed by atoms with Crippen molar-refractivity contribution in [3.8, 4) is 5.75 Å². The van der Waals surface area contributed by atoms with E-state index >= 15 is 0 Å². The number of benzene rings is 1. The summed E-state index contributed by atoms with van der Waals surface area (Å²) in [4.78, 5) is 0. The van der Waals surface area contributed by atoms with E-state index in [1.807, 2.05) is 18.2 Å². The van der Waals surface area contributed by atoms with Crippen LogP contribution in [0.4, 0.5) is 0 Å². The predicted molar refractivity (Wildman–Crippen MR) is 78.8 cm³/mol. The fourth-order valence-corrected chi connectivity index (χ4v) is 2.52. The first-order valence-corrected chi connectivity index (χ1v) is 7.18. The van der Waals surface area contributed by atoms with Gasteiger partial charge in [0.1, 0.15) is 17.3 Å². The number of nitrogens with one attached hydrogen (secondary N) is 1. The van der Waals surface area contributed by atoms with E-state index in [2.05, 4.69) is 30.4 Å². The second-order valence-electron chi connectivity index (χ2n) is 5.58. The molecule has 3 nitrogen and oxygen atoms in total. The van der Waals surface area contributed by atoms with Crippen molar-refractivity contribution in [1.29, 1.82) is 0 Å². The van der Waals surface area contributed by atoms with E-state index in [1.54, 1.807) is 7.11 Å². The largest absolute Gasteiger partial charge is 0.497 e. The lowest BCUT2D eigenvalue weighted by Crippen LogP contribution is -2.12. The molecule has 0 spiro atoms. The van der Waals surface area contributed by atoms with Gasteiger partial charge in [-0.25, -0.2) is 0 Å². The second kappa shape index (κ2) is 5.71. The molecule has 0 bridgehead atoms. The number of ether oxygens (including phenoxy) is 1. The van der Waals surface area contributed by atoms with E-state index in [1.165, 1.54) is 12.0 Å². The zero-order valence-electron chi connectivity index (χ0n) is 12.1. The van der Waals surface area contributed by atoms with E-state index in [-0.39, 0.29) is 0 Å². The summed E-state index contributed by atoms with van der Waals surface area (Å²) in [5, 5.41) is 3.40. The smallest absolute Gasteiger partial charge is 0.119 e. The molecular formula is C17H21NO2. The van der Waals surface area contributed by atoms with Gasteiger partial charge in [-0.15, -0.1) is 0 Å². The van der Waals surface area contributed by atoms with E-state index < -0.39 is 0 Å². The number of hydrogen-bond donors (Lipinski definition) is 1. The topological polar surface area (TPSA) is 34.4 Å². The molecular weight excluding hydrogens is 250 g/mol. The molecule has 0 radical (unpaired) electrons. The molecule has 2 aromatic rings. The highest BCUT2D eigenvalue weighted by molar-refractivity contribution is 5.28. The highest BCUT2D eigenvalue weighted by Gasteiger charge is 2.36. The fraction of sp³-hybridized carbons (Fsp3) is 0.412. The molecule has 1 aliphatic rings. The van der Waals surface area contributed by atoms with Gasteiger partial charge in [-0.2, -0.15) is 0 Å². The summed E-state index contributed by atoms with van der Waals surface area (Å²) < 4.78 is 11.1. The van der Waals surface area contributed by atoms with Crippen molar-refractivity contribution in [3.63, 3.8) is 0 Å². The van der Waals surface area contributed by atoms with Crippen LogP contribution in [0.2, 0.25) is 0 Å². The summed E-state index contributed by atoms with van der Waals surface area (Å²) in [6.07, 6.45) is 1.27. The van der Waals surface area contributed by atoms with Crippen LogP contribution in [-0.2, 0) is 13.1 Å². The second-order valence-corrected chi connectivity index (χ2v) is 5.58. The molecule has 106 valence electrons.